The molecule has 0 fully saturated rings. The minimum absolute atomic E-state index is 0.261. The Labute approximate surface area is 102 Å². The lowest BCUT2D eigenvalue weighted by Gasteiger charge is -2.24. The smallest absolute Gasteiger partial charge is 0.123 e. The highest BCUT2D eigenvalue weighted by Gasteiger charge is 2.16. The van der Waals surface area contributed by atoms with Crippen LogP contribution in [0.5, 0.6) is 0 Å². The normalized spacial score (nSPS) is 13.7. The number of ether oxygens (including phenoxy) is 1. The van der Waals surface area contributed by atoms with Crippen LogP contribution in [-0.2, 0) is 4.74 Å². The van der Waals surface area contributed by atoms with Gasteiger partial charge in [0.2, 0.25) is 0 Å². The lowest BCUT2D eigenvalue weighted by Crippen LogP contribution is -2.38. The Bertz CT molecular complexity index is 338. The van der Waals surface area contributed by atoms with E-state index in [2.05, 4.69) is 5.32 Å². The Kier molecular flexibility index (Phi) is 5.05. The van der Waals surface area contributed by atoms with E-state index in [0.29, 0.717) is 18.7 Å². The summed E-state index contributed by atoms with van der Waals surface area (Å²) in [4.78, 5) is 0. The number of hydrogen-bond donors (Lipinski definition) is 2. The van der Waals surface area contributed by atoms with Crippen molar-refractivity contribution >= 4 is 0 Å². The summed E-state index contributed by atoms with van der Waals surface area (Å²) in [6, 6.07) is 5.86. The molecule has 1 aromatic carbocycles. The van der Waals surface area contributed by atoms with Crippen molar-refractivity contribution in [3.63, 3.8) is 0 Å². The average molecular weight is 241 g/mol. The summed E-state index contributed by atoms with van der Waals surface area (Å²) in [5, 5.41) is 13.0. The van der Waals surface area contributed by atoms with Crippen molar-refractivity contribution in [2.24, 2.45) is 0 Å². The van der Waals surface area contributed by atoms with Gasteiger partial charge in [-0.25, -0.2) is 4.39 Å². The first-order chi connectivity index (χ1) is 7.94. The number of methoxy groups -OCH3 is 1. The Hall–Kier alpha value is -0.970. The first-order valence-corrected chi connectivity index (χ1v) is 5.64. The largest absolute Gasteiger partial charge is 0.387 e. The average Bonchev–Trinajstić information content (AvgIpc) is 2.29. The maximum absolute atomic E-state index is 12.7. The van der Waals surface area contributed by atoms with E-state index in [9.17, 15) is 9.50 Å². The van der Waals surface area contributed by atoms with Crippen LogP contribution in [0.4, 0.5) is 4.39 Å². The molecule has 0 heterocycles. The number of benzene rings is 1. The fraction of sp³-hybridized carbons (Fsp3) is 0.538. The molecule has 0 saturated heterocycles. The zero-order valence-corrected chi connectivity index (χ0v) is 10.5. The van der Waals surface area contributed by atoms with E-state index in [1.54, 1.807) is 19.2 Å². The third kappa shape index (κ3) is 4.81. The second-order valence-corrected chi connectivity index (χ2v) is 4.66. The third-order valence-electron chi connectivity index (χ3n) is 2.70. The van der Waals surface area contributed by atoms with Crippen LogP contribution in [0.3, 0.4) is 0 Å². The predicted octanol–water partition coefficient (Wildman–Crippen LogP) is 1.87. The Morgan fingerprint density at radius 2 is 1.94 bits per heavy atom. The van der Waals surface area contributed by atoms with Crippen molar-refractivity contribution < 1.29 is 14.2 Å². The lowest BCUT2D eigenvalue weighted by atomic mass is 10.1. The molecular formula is C13H20FNO2. The minimum Gasteiger partial charge on any atom is -0.387 e. The van der Waals surface area contributed by atoms with E-state index in [0.717, 1.165) is 0 Å². The van der Waals surface area contributed by atoms with Crippen molar-refractivity contribution in [3.05, 3.63) is 35.6 Å². The molecule has 0 aromatic heterocycles. The number of halogens is 1. The van der Waals surface area contributed by atoms with Gasteiger partial charge in [0, 0.05) is 20.2 Å². The van der Waals surface area contributed by atoms with Crippen molar-refractivity contribution in [2.75, 3.05) is 20.2 Å². The quantitative estimate of drug-likeness (QED) is 0.799. The van der Waals surface area contributed by atoms with Gasteiger partial charge in [-0.15, -0.1) is 0 Å². The summed E-state index contributed by atoms with van der Waals surface area (Å²) < 4.78 is 17.9. The number of hydrogen-bond acceptors (Lipinski definition) is 3. The maximum Gasteiger partial charge on any atom is 0.123 e. The van der Waals surface area contributed by atoms with Crippen LogP contribution in [0.2, 0.25) is 0 Å². The van der Waals surface area contributed by atoms with Gasteiger partial charge in [0.05, 0.1) is 11.7 Å². The summed E-state index contributed by atoms with van der Waals surface area (Å²) in [5.41, 5.74) is 0.441. The molecule has 0 spiro atoms. The van der Waals surface area contributed by atoms with Gasteiger partial charge in [-0.1, -0.05) is 12.1 Å². The van der Waals surface area contributed by atoms with Gasteiger partial charge in [-0.2, -0.15) is 0 Å². The summed E-state index contributed by atoms with van der Waals surface area (Å²) in [5.74, 6) is -0.297. The van der Waals surface area contributed by atoms with Crippen molar-refractivity contribution in [1.82, 2.24) is 5.32 Å². The Balaban J connectivity index is 2.40. The van der Waals surface area contributed by atoms with E-state index < -0.39 is 6.10 Å². The van der Waals surface area contributed by atoms with E-state index in [-0.39, 0.29) is 11.4 Å². The van der Waals surface area contributed by atoms with Gasteiger partial charge in [0.1, 0.15) is 5.82 Å². The Morgan fingerprint density at radius 3 is 2.47 bits per heavy atom. The molecule has 0 amide bonds. The SMILES string of the molecule is COC(C)(C)CNCC(O)c1ccc(F)cc1. The zero-order chi connectivity index (χ0) is 12.9. The second kappa shape index (κ2) is 6.10. The molecule has 0 saturated carbocycles. The first kappa shape index (κ1) is 14.1. The lowest BCUT2D eigenvalue weighted by molar-refractivity contribution is 0.0207. The predicted molar refractivity (Wildman–Crippen MR) is 65.3 cm³/mol. The van der Waals surface area contributed by atoms with Crippen LogP contribution < -0.4 is 5.32 Å². The van der Waals surface area contributed by atoms with E-state index >= 15 is 0 Å². The van der Waals surface area contributed by atoms with Gasteiger partial charge >= 0.3 is 0 Å². The minimum atomic E-state index is -0.636. The van der Waals surface area contributed by atoms with Crippen LogP contribution in [0, 0.1) is 5.82 Å². The highest BCUT2D eigenvalue weighted by molar-refractivity contribution is 5.18. The monoisotopic (exact) mass is 241 g/mol. The molecule has 96 valence electrons. The molecule has 1 rings (SSSR count). The summed E-state index contributed by atoms with van der Waals surface area (Å²) in [6.07, 6.45) is -0.636. The van der Waals surface area contributed by atoms with Crippen molar-refractivity contribution in [2.45, 2.75) is 25.6 Å². The highest BCUT2D eigenvalue weighted by atomic mass is 19.1. The van der Waals surface area contributed by atoms with Crippen molar-refractivity contribution in [1.29, 1.82) is 0 Å². The third-order valence-corrected chi connectivity index (χ3v) is 2.70. The van der Waals surface area contributed by atoms with Gasteiger partial charge in [-0.05, 0) is 31.5 Å². The molecule has 0 aliphatic heterocycles. The molecule has 2 N–H and O–H groups in total. The van der Waals surface area contributed by atoms with Crippen LogP contribution in [0.25, 0.3) is 0 Å². The molecule has 17 heavy (non-hydrogen) atoms. The molecule has 3 nitrogen and oxygen atoms in total. The van der Waals surface area contributed by atoms with Gasteiger partial charge in [0.25, 0.3) is 0 Å². The molecule has 0 aliphatic rings. The molecule has 1 aromatic rings. The van der Waals surface area contributed by atoms with Gasteiger partial charge < -0.3 is 15.2 Å². The number of rotatable bonds is 6. The first-order valence-electron chi connectivity index (χ1n) is 5.64. The topological polar surface area (TPSA) is 41.5 Å². The zero-order valence-electron chi connectivity index (χ0n) is 10.5. The second-order valence-electron chi connectivity index (χ2n) is 4.66. The molecular weight excluding hydrogens is 221 g/mol. The summed E-state index contributed by atoms with van der Waals surface area (Å²) in [6.45, 7) is 4.98. The molecule has 0 bridgehead atoms. The Morgan fingerprint density at radius 1 is 1.35 bits per heavy atom. The van der Waals surface area contributed by atoms with Crippen LogP contribution in [0.1, 0.15) is 25.5 Å². The van der Waals surface area contributed by atoms with E-state index in [1.807, 2.05) is 13.8 Å². The molecule has 0 radical (unpaired) electrons. The molecule has 1 atom stereocenters. The van der Waals surface area contributed by atoms with E-state index in [4.69, 9.17) is 4.74 Å². The standard InChI is InChI=1S/C13H20FNO2/c1-13(2,17-3)9-15-8-12(16)10-4-6-11(14)7-5-10/h4-7,12,15-16H,8-9H2,1-3H3. The van der Waals surface area contributed by atoms with Crippen LogP contribution in [0.15, 0.2) is 24.3 Å². The molecule has 4 heteroatoms. The fourth-order valence-electron chi connectivity index (χ4n) is 1.38. The van der Waals surface area contributed by atoms with Gasteiger partial charge in [-0.3, -0.25) is 0 Å². The van der Waals surface area contributed by atoms with E-state index in [1.165, 1.54) is 12.1 Å². The summed E-state index contributed by atoms with van der Waals surface area (Å²) in [7, 11) is 1.65. The highest BCUT2D eigenvalue weighted by Crippen LogP contribution is 2.13. The number of aliphatic hydroxyl groups is 1. The van der Waals surface area contributed by atoms with Crippen LogP contribution in [-0.4, -0.2) is 30.9 Å². The van der Waals surface area contributed by atoms with Crippen LogP contribution >= 0.6 is 0 Å². The number of nitrogens with one attached hydrogen (secondary N) is 1. The van der Waals surface area contributed by atoms with Crippen molar-refractivity contribution in [3.8, 4) is 0 Å². The molecule has 0 aliphatic carbocycles. The van der Waals surface area contributed by atoms with Gasteiger partial charge in [0.15, 0.2) is 0 Å². The summed E-state index contributed by atoms with van der Waals surface area (Å²) >= 11 is 0. The maximum atomic E-state index is 12.7. The number of aliphatic hydroxyl groups excluding tert-OH is 1. The molecule has 1 unspecified atom stereocenters. The fourth-order valence-corrected chi connectivity index (χ4v) is 1.38.